The lowest BCUT2D eigenvalue weighted by Gasteiger charge is -2.33. The molecule has 0 heterocycles. The van der Waals surface area contributed by atoms with Crippen molar-refractivity contribution in [3.63, 3.8) is 0 Å². The standard InChI is InChI=1S/C27H29Cl2N3O4S/c1-4-24(27(34)30-3)31(17-20-12-10-19(2)11-13-20)26(33)18-32(25-15-14-21(28)16-23(25)29)37(35,36)22-8-6-5-7-9-22/h5-16,24H,4,17-18H2,1-3H3,(H,30,34). The van der Waals surface area contributed by atoms with Crippen LogP contribution >= 0.6 is 23.2 Å². The monoisotopic (exact) mass is 561 g/mol. The maximum Gasteiger partial charge on any atom is 0.264 e. The second-order valence-corrected chi connectivity index (χ2v) is 11.2. The lowest BCUT2D eigenvalue weighted by atomic mass is 10.1. The summed E-state index contributed by atoms with van der Waals surface area (Å²) in [5.41, 5.74) is 1.97. The van der Waals surface area contributed by atoms with Crippen LogP contribution in [0.25, 0.3) is 0 Å². The molecule has 0 radical (unpaired) electrons. The highest BCUT2D eigenvalue weighted by Gasteiger charge is 2.34. The van der Waals surface area contributed by atoms with Crippen molar-refractivity contribution in [2.75, 3.05) is 17.9 Å². The topological polar surface area (TPSA) is 86.8 Å². The van der Waals surface area contributed by atoms with Crippen LogP contribution in [0.15, 0.2) is 77.7 Å². The number of rotatable bonds is 10. The summed E-state index contributed by atoms with van der Waals surface area (Å²) in [5, 5.41) is 3.00. The van der Waals surface area contributed by atoms with Gasteiger partial charge in [-0.1, -0.05) is 78.2 Å². The first-order chi connectivity index (χ1) is 17.6. The molecule has 7 nitrogen and oxygen atoms in total. The molecule has 37 heavy (non-hydrogen) atoms. The predicted molar refractivity (Wildman–Crippen MR) is 147 cm³/mol. The zero-order valence-corrected chi connectivity index (χ0v) is 23.1. The molecular weight excluding hydrogens is 533 g/mol. The van der Waals surface area contributed by atoms with E-state index in [1.165, 1.54) is 42.3 Å². The first-order valence-corrected chi connectivity index (χ1v) is 13.9. The molecule has 3 aromatic rings. The van der Waals surface area contributed by atoms with Crippen molar-refractivity contribution in [1.82, 2.24) is 10.2 Å². The van der Waals surface area contributed by atoms with E-state index in [4.69, 9.17) is 23.2 Å². The molecule has 0 aliphatic heterocycles. The molecule has 1 atom stereocenters. The molecule has 2 amide bonds. The number of amides is 2. The van der Waals surface area contributed by atoms with E-state index in [9.17, 15) is 18.0 Å². The van der Waals surface area contributed by atoms with Gasteiger partial charge in [-0.3, -0.25) is 13.9 Å². The number of aryl methyl sites for hydroxylation is 1. The van der Waals surface area contributed by atoms with Crippen molar-refractivity contribution in [3.8, 4) is 0 Å². The minimum Gasteiger partial charge on any atom is -0.357 e. The fourth-order valence-corrected chi connectivity index (χ4v) is 5.91. The molecule has 0 aromatic heterocycles. The Morgan fingerprint density at radius 3 is 2.19 bits per heavy atom. The van der Waals surface area contributed by atoms with Crippen LogP contribution in [0.4, 0.5) is 5.69 Å². The van der Waals surface area contributed by atoms with Crippen molar-refractivity contribution >= 4 is 50.7 Å². The highest BCUT2D eigenvalue weighted by Crippen LogP contribution is 2.33. The largest absolute Gasteiger partial charge is 0.357 e. The number of carbonyl (C=O) groups is 2. The molecule has 0 spiro atoms. The number of anilines is 1. The average Bonchev–Trinajstić information content (AvgIpc) is 2.88. The number of halogens is 2. The lowest BCUT2D eigenvalue weighted by molar-refractivity contribution is -0.140. The second kappa shape index (κ2) is 12.4. The van der Waals surface area contributed by atoms with Crippen LogP contribution in [0.5, 0.6) is 0 Å². The van der Waals surface area contributed by atoms with Gasteiger partial charge in [0, 0.05) is 18.6 Å². The van der Waals surface area contributed by atoms with Gasteiger partial charge in [0.15, 0.2) is 0 Å². The van der Waals surface area contributed by atoms with Gasteiger partial charge in [0.2, 0.25) is 11.8 Å². The van der Waals surface area contributed by atoms with Gasteiger partial charge in [0.05, 0.1) is 15.6 Å². The molecule has 0 bridgehead atoms. The van der Waals surface area contributed by atoms with Crippen molar-refractivity contribution in [2.45, 2.75) is 37.8 Å². The van der Waals surface area contributed by atoms with Gasteiger partial charge in [0.1, 0.15) is 12.6 Å². The molecule has 1 unspecified atom stereocenters. The zero-order valence-electron chi connectivity index (χ0n) is 20.8. The van der Waals surface area contributed by atoms with E-state index in [0.717, 1.165) is 15.4 Å². The van der Waals surface area contributed by atoms with Crippen LogP contribution in [-0.4, -0.2) is 44.8 Å². The number of sulfonamides is 1. The van der Waals surface area contributed by atoms with Crippen LogP contribution in [-0.2, 0) is 26.2 Å². The lowest BCUT2D eigenvalue weighted by Crippen LogP contribution is -2.51. The van der Waals surface area contributed by atoms with Crippen LogP contribution in [0.2, 0.25) is 10.0 Å². The average molecular weight is 563 g/mol. The minimum atomic E-state index is -4.20. The number of likely N-dealkylation sites (N-methyl/N-ethyl adjacent to an activating group) is 1. The fourth-order valence-electron chi connectivity index (χ4n) is 3.89. The molecule has 196 valence electrons. The predicted octanol–water partition coefficient (Wildman–Crippen LogP) is 5.05. The zero-order chi connectivity index (χ0) is 27.2. The first kappa shape index (κ1) is 28.5. The number of nitrogens with one attached hydrogen (secondary N) is 1. The molecule has 0 fully saturated rings. The number of hydrogen-bond donors (Lipinski definition) is 1. The summed E-state index contributed by atoms with van der Waals surface area (Å²) in [5.74, 6) is -0.897. The van der Waals surface area contributed by atoms with Gasteiger partial charge in [-0.05, 0) is 49.2 Å². The van der Waals surface area contributed by atoms with E-state index in [1.807, 2.05) is 31.2 Å². The number of nitrogens with zero attached hydrogens (tertiary/aromatic N) is 2. The van der Waals surface area contributed by atoms with Crippen LogP contribution < -0.4 is 9.62 Å². The van der Waals surface area contributed by atoms with E-state index in [-0.39, 0.29) is 28.1 Å². The third kappa shape index (κ3) is 6.83. The summed E-state index contributed by atoms with van der Waals surface area (Å²) < 4.78 is 28.4. The summed E-state index contributed by atoms with van der Waals surface area (Å²) in [7, 11) is -2.70. The highest BCUT2D eigenvalue weighted by atomic mass is 35.5. The Morgan fingerprint density at radius 2 is 1.62 bits per heavy atom. The van der Waals surface area contributed by atoms with Gasteiger partial charge < -0.3 is 10.2 Å². The summed E-state index contributed by atoms with van der Waals surface area (Å²) in [4.78, 5) is 28.0. The molecule has 3 rings (SSSR count). The van der Waals surface area contributed by atoms with E-state index >= 15 is 0 Å². The molecule has 10 heteroatoms. The molecule has 1 N–H and O–H groups in total. The quantitative estimate of drug-likeness (QED) is 0.375. The smallest absolute Gasteiger partial charge is 0.264 e. The normalized spacial score (nSPS) is 12.0. The third-order valence-corrected chi connectivity index (χ3v) is 8.21. The Labute approximate surface area is 228 Å². The Balaban J connectivity index is 2.08. The van der Waals surface area contributed by atoms with Crippen LogP contribution in [0.3, 0.4) is 0 Å². The molecule has 0 aliphatic carbocycles. The Bertz CT molecular complexity index is 1350. The fraction of sp³-hybridized carbons (Fsp3) is 0.259. The third-order valence-electron chi connectivity index (χ3n) is 5.89. The summed E-state index contributed by atoms with van der Waals surface area (Å²) in [6.07, 6.45) is 0.338. The molecular formula is C27H29Cl2N3O4S. The summed E-state index contributed by atoms with van der Waals surface area (Å²) >= 11 is 12.5. The summed E-state index contributed by atoms with van der Waals surface area (Å²) in [6.45, 7) is 3.30. The molecule has 0 aliphatic rings. The minimum absolute atomic E-state index is 0.00255. The maximum atomic E-state index is 13.8. The SMILES string of the molecule is CCC(C(=O)NC)N(Cc1ccc(C)cc1)C(=O)CN(c1ccc(Cl)cc1Cl)S(=O)(=O)c1ccccc1. The van der Waals surface area contributed by atoms with E-state index in [2.05, 4.69) is 5.32 Å². The molecule has 3 aromatic carbocycles. The second-order valence-electron chi connectivity index (χ2n) is 8.47. The number of benzene rings is 3. The number of hydrogen-bond acceptors (Lipinski definition) is 4. The van der Waals surface area contributed by atoms with Gasteiger partial charge >= 0.3 is 0 Å². The maximum absolute atomic E-state index is 13.8. The van der Waals surface area contributed by atoms with Crippen LogP contribution in [0, 0.1) is 6.92 Å². The van der Waals surface area contributed by atoms with Crippen LogP contribution in [0.1, 0.15) is 24.5 Å². The van der Waals surface area contributed by atoms with Gasteiger partial charge in [0.25, 0.3) is 10.0 Å². The van der Waals surface area contributed by atoms with E-state index in [1.54, 1.807) is 25.1 Å². The van der Waals surface area contributed by atoms with Crippen molar-refractivity contribution in [3.05, 3.63) is 94.0 Å². The first-order valence-electron chi connectivity index (χ1n) is 11.7. The Kier molecular flexibility index (Phi) is 9.59. The van der Waals surface area contributed by atoms with Gasteiger partial charge in [-0.15, -0.1) is 0 Å². The molecule has 0 saturated carbocycles. The van der Waals surface area contributed by atoms with Crippen molar-refractivity contribution in [1.29, 1.82) is 0 Å². The van der Waals surface area contributed by atoms with E-state index in [0.29, 0.717) is 11.4 Å². The van der Waals surface area contributed by atoms with Crippen molar-refractivity contribution < 1.29 is 18.0 Å². The van der Waals surface area contributed by atoms with Gasteiger partial charge in [-0.25, -0.2) is 8.42 Å². The van der Waals surface area contributed by atoms with Crippen molar-refractivity contribution in [2.24, 2.45) is 0 Å². The highest BCUT2D eigenvalue weighted by molar-refractivity contribution is 7.92. The molecule has 0 saturated heterocycles. The van der Waals surface area contributed by atoms with Gasteiger partial charge in [-0.2, -0.15) is 0 Å². The Hall–Kier alpha value is -3.07. The number of carbonyl (C=O) groups excluding carboxylic acids is 2. The Morgan fingerprint density at radius 1 is 0.973 bits per heavy atom. The summed E-state index contributed by atoms with van der Waals surface area (Å²) in [6, 6.07) is 18.9. The van der Waals surface area contributed by atoms with E-state index < -0.39 is 28.5 Å².